The van der Waals surface area contributed by atoms with Gasteiger partial charge in [-0.15, -0.1) is 0 Å². The van der Waals surface area contributed by atoms with Crippen LogP contribution in [0.1, 0.15) is 103 Å². The number of likely N-dealkylation sites (N-methyl/N-ethyl adjacent to an activating group) is 2. The first-order valence-corrected chi connectivity index (χ1v) is 22.8. The highest BCUT2D eigenvalue weighted by Crippen LogP contribution is 2.48. The zero-order chi connectivity index (χ0) is 46.0. The Morgan fingerprint density at radius 3 is 2.32 bits per heavy atom. The van der Waals surface area contributed by atoms with Crippen molar-refractivity contribution in [1.29, 1.82) is 0 Å². The molecule has 63 heavy (non-hydrogen) atoms. The molecule has 6 heterocycles. The van der Waals surface area contributed by atoms with Gasteiger partial charge in [0, 0.05) is 81.8 Å². The third-order valence-electron chi connectivity index (χ3n) is 14.1. The van der Waals surface area contributed by atoms with Crippen molar-refractivity contribution in [3.63, 3.8) is 0 Å². The van der Waals surface area contributed by atoms with Crippen molar-refractivity contribution in [2.75, 3.05) is 45.7 Å². The minimum absolute atomic E-state index is 0.0338. The molecule has 17 nitrogen and oxygen atoms in total. The van der Waals surface area contributed by atoms with Crippen LogP contribution < -0.4 is 10.2 Å². The number of rotatable bonds is 8. The fourth-order valence-corrected chi connectivity index (χ4v) is 10.4. The monoisotopic (exact) mass is 884 g/mol. The molecule has 1 amide bonds. The third-order valence-corrected chi connectivity index (χ3v) is 14.1. The number of fused-ring (bicyclic) bond motifs is 3. The summed E-state index contributed by atoms with van der Waals surface area (Å²) < 4.78 is 34.3. The molecule has 14 atom stereocenters. The number of carbonyl (C=O) groups is 2. The van der Waals surface area contributed by atoms with Gasteiger partial charge >= 0.3 is 5.97 Å². The highest BCUT2D eigenvalue weighted by atomic mass is 16.7. The maximum Gasteiger partial charge on any atom is 0.311 e. The quantitative estimate of drug-likeness (QED) is 0.282. The summed E-state index contributed by atoms with van der Waals surface area (Å²) in [6, 6.07) is 2.96. The first-order valence-electron chi connectivity index (χ1n) is 22.8. The molecule has 6 rings (SSSR count). The number of amides is 1. The fraction of sp³-hybridized carbons (Fsp3) is 0.761. The summed E-state index contributed by atoms with van der Waals surface area (Å²) in [5.74, 6) is -3.01. The van der Waals surface area contributed by atoms with Crippen molar-refractivity contribution in [1.82, 2.24) is 30.1 Å². The largest absolute Gasteiger partial charge is 0.459 e. The maximum atomic E-state index is 14.4. The van der Waals surface area contributed by atoms with Gasteiger partial charge in [0.2, 0.25) is 5.95 Å². The second-order valence-electron chi connectivity index (χ2n) is 19.5. The number of pyridine rings is 1. The molecule has 2 aromatic heterocycles. The molecule has 17 heteroatoms. The van der Waals surface area contributed by atoms with E-state index in [1.165, 1.54) is 19.3 Å². The highest BCUT2D eigenvalue weighted by molar-refractivity contribution is 5.93. The van der Waals surface area contributed by atoms with Crippen LogP contribution in [0.15, 0.2) is 36.9 Å². The first kappa shape index (κ1) is 49.1. The van der Waals surface area contributed by atoms with E-state index in [1.54, 1.807) is 19.3 Å². The van der Waals surface area contributed by atoms with Gasteiger partial charge in [0.15, 0.2) is 12.1 Å². The zero-order valence-electron chi connectivity index (χ0n) is 39.1. The SMILES string of the molecule is CC[C@H]1OC(=O)[C@H](C)[C@H]2OC3(CCN(c4ncc(C(=O)NCc5ccncc5)cn4)CC3)O[C@](C)(C[C@@H](C)CN(C)[C@H](C)[C@@H](O)[C@]1(C)O)[C@H](O[C@@H]1O[C@H](C)CC(N(C)C)[C@H]1O)[C@H]2C. The van der Waals surface area contributed by atoms with Crippen molar-refractivity contribution in [3.8, 4) is 0 Å². The molecular weight excluding hydrogens is 811 g/mol. The van der Waals surface area contributed by atoms with E-state index < -0.39 is 77.6 Å². The number of aromatic nitrogens is 3. The van der Waals surface area contributed by atoms with Gasteiger partial charge in [0.1, 0.15) is 23.9 Å². The predicted molar refractivity (Wildman–Crippen MR) is 234 cm³/mol. The van der Waals surface area contributed by atoms with Gasteiger partial charge < -0.3 is 59.0 Å². The summed E-state index contributed by atoms with van der Waals surface area (Å²) in [5, 5.41) is 38.1. The number of nitrogens with zero attached hydrogens (tertiary/aromatic N) is 6. The van der Waals surface area contributed by atoms with Gasteiger partial charge in [-0.3, -0.25) is 14.6 Å². The van der Waals surface area contributed by atoms with Crippen LogP contribution in [0.2, 0.25) is 0 Å². The Labute approximate surface area is 373 Å². The van der Waals surface area contributed by atoms with E-state index in [0.29, 0.717) is 63.4 Å². The molecular formula is C46H73N7O10. The first-order chi connectivity index (χ1) is 29.7. The number of hydrogen-bond donors (Lipinski definition) is 4. The van der Waals surface area contributed by atoms with E-state index in [0.717, 1.165) is 5.56 Å². The summed E-state index contributed by atoms with van der Waals surface area (Å²) in [7, 11) is 5.78. The van der Waals surface area contributed by atoms with Crippen molar-refractivity contribution in [2.24, 2.45) is 17.8 Å². The summed E-state index contributed by atoms with van der Waals surface area (Å²) in [5.41, 5.74) is -1.55. The van der Waals surface area contributed by atoms with E-state index in [2.05, 4.69) is 27.2 Å². The number of aliphatic hydroxyl groups is 3. The Morgan fingerprint density at radius 1 is 1.05 bits per heavy atom. The van der Waals surface area contributed by atoms with Crippen molar-refractivity contribution in [3.05, 3.63) is 48.0 Å². The van der Waals surface area contributed by atoms with Crippen molar-refractivity contribution < 1.29 is 48.6 Å². The Kier molecular flexibility index (Phi) is 15.6. The number of nitrogens with one attached hydrogen (secondary N) is 1. The number of carbonyl (C=O) groups excluding carboxylic acids is 2. The van der Waals surface area contributed by atoms with E-state index in [9.17, 15) is 24.9 Å². The minimum atomic E-state index is -1.75. The molecule has 4 aliphatic heterocycles. The molecule has 4 fully saturated rings. The number of anilines is 1. The Morgan fingerprint density at radius 2 is 1.70 bits per heavy atom. The maximum absolute atomic E-state index is 14.4. The molecule has 352 valence electrons. The molecule has 2 bridgehead atoms. The highest BCUT2D eigenvalue weighted by Gasteiger charge is 2.58. The van der Waals surface area contributed by atoms with E-state index >= 15 is 0 Å². The summed E-state index contributed by atoms with van der Waals surface area (Å²) in [6.45, 7) is 16.9. The molecule has 0 radical (unpaired) electrons. The van der Waals surface area contributed by atoms with Crippen LogP contribution in [-0.2, 0) is 35.0 Å². The van der Waals surface area contributed by atoms with Gasteiger partial charge in [-0.05, 0) is 98.6 Å². The summed E-state index contributed by atoms with van der Waals surface area (Å²) in [4.78, 5) is 46.6. The standard InChI is InChI=1S/C46H73N7O10/c1-12-35-45(8,58)38(55)31(6)52(11)26-27(2)22-44(7)39(61-42-36(54)34(51(9)10)21-28(3)59-42)29(4)37(30(5)41(57)60-35)62-46(63-44)15-19-53(20-16-46)43-49-24-33(25-50-43)40(56)48-23-32-13-17-47-18-14-32/h13-14,17-18,24-25,27-31,34-39,42,54-55,58H,12,15-16,19-23,26H2,1-11H3,(H,48,56)/t27-,28-,29+,30-,31-,34?,35-,36-,37+,38-,39-,42+,44-,45-/m1/s1. The van der Waals surface area contributed by atoms with Crippen molar-refractivity contribution >= 4 is 17.8 Å². The average Bonchev–Trinajstić information content (AvgIpc) is 3.33. The van der Waals surface area contributed by atoms with Crippen LogP contribution >= 0.6 is 0 Å². The lowest BCUT2D eigenvalue weighted by Crippen LogP contribution is -2.60. The molecule has 0 saturated carbocycles. The molecule has 0 aromatic carbocycles. The molecule has 0 aliphatic carbocycles. The normalized spacial score (nSPS) is 38.4. The van der Waals surface area contributed by atoms with Gasteiger partial charge in [0.25, 0.3) is 5.91 Å². The molecule has 4 saturated heterocycles. The Bertz CT molecular complexity index is 1820. The van der Waals surface area contributed by atoms with Crippen LogP contribution in [0.3, 0.4) is 0 Å². The van der Waals surface area contributed by atoms with E-state index in [1.807, 2.05) is 82.6 Å². The van der Waals surface area contributed by atoms with E-state index in [4.69, 9.17) is 23.7 Å². The molecule has 4 aliphatic rings. The number of cyclic esters (lactones) is 1. The third kappa shape index (κ3) is 10.8. The molecule has 2 aromatic rings. The summed E-state index contributed by atoms with van der Waals surface area (Å²) in [6.07, 6.45) is 2.56. The Balaban J connectivity index is 1.34. The lowest BCUT2D eigenvalue weighted by molar-refractivity contribution is -0.328. The van der Waals surface area contributed by atoms with Gasteiger partial charge in [-0.1, -0.05) is 20.8 Å². The smallest absolute Gasteiger partial charge is 0.311 e. The second kappa shape index (κ2) is 20.0. The Hall–Kier alpha value is -3.39. The van der Waals surface area contributed by atoms with Gasteiger partial charge in [0.05, 0.1) is 35.4 Å². The zero-order valence-corrected chi connectivity index (χ0v) is 39.1. The van der Waals surface area contributed by atoms with Crippen LogP contribution in [0, 0.1) is 17.8 Å². The second-order valence-corrected chi connectivity index (χ2v) is 19.5. The van der Waals surface area contributed by atoms with Crippen molar-refractivity contribution in [2.45, 2.75) is 166 Å². The van der Waals surface area contributed by atoms with E-state index in [-0.39, 0.29) is 30.4 Å². The van der Waals surface area contributed by atoms with Crippen LogP contribution in [0.25, 0.3) is 0 Å². The van der Waals surface area contributed by atoms with Crippen LogP contribution in [0.4, 0.5) is 5.95 Å². The fourth-order valence-electron chi connectivity index (χ4n) is 10.4. The molecule has 1 spiro atoms. The lowest BCUT2D eigenvalue weighted by atomic mass is 9.78. The van der Waals surface area contributed by atoms with Crippen LogP contribution in [-0.4, -0.2) is 165 Å². The molecule has 4 N–H and O–H groups in total. The number of hydrogen-bond acceptors (Lipinski definition) is 16. The van der Waals surface area contributed by atoms with Gasteiger partial charge in [-0.25, -0.2) is 9.97 Å². The lowest BCUT2D eigenvalue weighted by Gasteiger charge is -2.49. The topological polar surface area (TPSA) is 201 Å². The number of ether oxygens (including phenoxy) is 5. The summed E-state index contributed by atoms with van der Waals surface area (Å²) >= 11 is 0. The van der Waals surface area contributed by atoms with Crippen LogP contribution in [0.5, 0.6) is 0 Å². The number of aliphatic hydroxyl groups excluding tert-OH is 2. The van der Waals surface area contributed by atoms with Gasteiger partial charge in [-0.2, -0.15) is 0 Å². The minimum Gasteiger partial charge on any atom is -0.459 e. The predicted octanol–water partition coefficient (Wildman–Crippen LogP) is 3.15. The molecule has 1 unspecified atom stereocenters. The average molecular weight is 884 g/mol. The number of piperidine rings is 1. The number of esters is 1.